The Morgan fingerprint density at radius 2 is 1.94 bits per heavy atom. The Hall–Kier alpha value is -1.56. The van der Waals surface area contributed by atoms with Crippen LogP contribution in [0.25, 0.3) is 10.9 Å². The summed E-state index contributed by atoms with van der Waals surface area (Å²) in [5.74, 6) is 0. The van der Waals surface area contributed by atoms with E-state index in [1.165, 1.54) is 6.07 Å². The number of halogens is 3. The molecule has 2 N–H and O–H groups in total. The van der Waals surface area contributed by atoms with Gasteiger partial charge in [0, 0.05) is 11.9 Å². The first-order valence-electron chi connectivity index (χ1n) is 4.77. The van der Waals surface area contributed by atoms with Crippen molar-refractivity contribution in [1.29, 1.82) is 0 Å². The molecule has 0 bridgehead atoms. The second-order valence-corrected chi connectivity index (χ2v) is 3.38. The summed E-state index contributed by atoms with van der Waals surface area (Å²) in [6.45, 7) is 0.181. The minimum absolute atomic E-state index is 0.0591. The summed E-state index contributed by atoms with van der Waals surface area (Å²) in [6, 6.07) is 6.18. The summed E-state index contributed by atoms with van der Waals surface area (Å²) in [5, 5.41) is 4.00. The fourth-order valence-electron chi connectivity index (χ4n) is 1.66. The number of hydrogen-bond donors (Lipinski definition) is 1. The van der Waals surface area contributed by atoms with Gasteiger partial charge in [-0.1, -0.05) is 18.2 Å². The highest BCUT2D eigenvalue weighted by Crippen LogP contribution is 2.34. The second kappa shape index (κ2) is 3.79. The van der Waals surface area contributed by atoms with E-state index in [0.29, 0.717) is 5.52 Å². The highest BCUT2D eigenvalue weighted by atomic mass is 19.4. The van der Waals surface area contributed by atoms with Crippen molar-refractivity contribution in [1.82, 2.24) is 9.78 Å². The Labute approximate surface area is 89.7 Å². The molecule has 2 rings (SSSR count). The lowest BCUT2D eigenvalue weighted by Gasteiger charge is -2.09. The Balaban J connectivity index is 2.69. The number of benzene rings is 1. The molecule has 6 heteroatoms. The molecule has 86 valence electrons. The summed E-state index contributed by atoms with van der Waals surface area (Å²) in [5.41, 5.74) is 4.87. The van der Waals surface area contributed by atoms with Gasteiger partial charge < -0.3 is 5.73 Å². The van der Waals surface area contributed by atoms with Gasteiger partial charge in [0.1, 0.15) is 5.69 Å². The van der Waals surface area contributed by atoms with Gasteiger partial charge in [0.25, 0.3) is 0 Å². The van der Waals surface area contributed by atoms with Gasteiger partial charge in [0.15, 0.2) is 0 Å². The number of nitrogens with zero attached hydrogens (tertiary/aromatic N) is 2. The molecule has 3 nitrogen and oxygen atoms in total. The zero-order chi connectivity index (χ0) is 11.8. The van der Waals surface area contributed by atoms with Gasteiger partial charge in [-0.2, -0.15) is 18.3 Å². The lowest BCUT2D eigenvalue weighted by atomic mass is 10.2. The fourth-order valence-corrected chi connectivity index (χ4v) is 1.66. The van der Waals surface area contributed by atoms with E-state index in [4.69, 9.17) is 5.73 Å². The molecule has 0 atom stereocenters. The van der Waals surface area contributed by atoms with Gasteiger partial charge in [0.2, 0.25) is 0 Å². The summed E-state index contributed by atoms with van der Waals surface area (Å²) in [7, 11) is 0. The monoisotopic (exact) mass is 229 g/mol. The van der Waals surface area contributed by atoms with Crippen LogP contribution in [0.3, 0.4) is 0 Å². The number of fused-ring (bicyclic) bond motifs is 1. The van der Waals surface area contributed by atoms with Crippen molar-refractivity contribution < 1.29 is 13.2 Å². The van der Waals surface area contributed by atoms with E-state index in [-0.39, 0.29) is 18.5 Å². The van der Waals surface area contributed by atoms with Gasteiger partial charge in [-0.15, -0.1) is 0 Å². The predicted molar refractivity (Wildman–Crippen MR) is 53.8 cm³/mol. The molecule has 1 aromatic carbocycles. The Morgan fingerprint density at radius 1 is 1.25 bits per heavy atom. The molecule has 0 aliphatic rings. The highest BCUT2D eigenvalue weighted by molar-refractivity contribution is 5.81. The third-order valence-corrected chi connectivity index (χ3v) is 2.26. The maximum atomic E-state index is 12.8. The van der Waals surface area contributed by atoms with Crippen LogP contribution in [0.15, 0.2) is 24.3 Å². The molecule has 2 aromatic rings. The molecule has 16 heavy (non-hydrogen) atoms. The summed E-state index contributed by atoms with van der Waals surface area (Å²) >= 11 is 0. The van der Waals surface area contributed by atoms with Crippen LogP contribution in [-0.4, -0.2) is 16.3 Å². The Bertz CT molecular complexity index is 501. The average Bonchev–Trinajstić information content (AvgIpc) is 2.55. The topological polar surface area (TPSA) is 43.8 Å². The lowest BCUT2D eigenvalue weighted by molar-refractivity contribution is -0.142. The van der Waals surface area contributed by atoms with Crippen LogP contribution in [0, 0.1) is 0 Å². The van der Waals surface area contributed by atoms with Gasteiger partial charge in [-0.05, 0) is 6.07 Å². The highest BCUT2D eigenvalue weighted by Gasteiger charge is 2.37. The molecule has 0 saturated carbocycles. The number of aromatic nitrogens is 2. The van der Waals surface area contributed by atoms with Crippen molar-refractivity contribution in [2.75, 3.05) is 6.54 Å². The van der Waals surface area contributed by atoms with Crippen LogP contribution in [0.5, 0.6) is 0 Å². The predicted octanol–water partition coefficient (Wildman–Crippen LogP) is 2.01. The third kappa shape index (κ3) is 1.76. The second-order valence-electron chi connectivity index (χ2n) is 3.38. The number of alkyl halides is 3. The summed E-state index contributed by atoms with van der Waals surface area (Å²) in [4.78, 5) is 0. The van der Waals surface area contributed by atoms with E-state index >= 15 is 0 Å². The molecule has 1 aromatic heterocycles. The van der Waals surface area contributed by atoms with Crippen LogP contribution in [0.4, 0.5) is 13.2 Å². The molecule has 0 aliphatic carbocycles. The van der Waals surface area contributed by atoms with E-state index in [0.717, 1.165) is 4.68 Å². The van der Waals surface area contributed by atoms with Crippen LogP contribution >= 0.6 is 0 Å². The number of hydrogen-bond acceptors (Lipinski definition) is 2. The first-order valence-corrected chi connectivity index (χ1v) is 4.77. The molecular weight excluding hydrogens is 219 g/mol. The molecule has 0 unspecified atom stereocenters. The lowest BCUT2D eigenvalue weighted by Crippen LogP contribution is -2.19. The van der Waals surface area contributed by atoms with E-state index in [1.54, 1.807) is 18.2 Å². The fraction of sp³-hybridized carbons (Fsp3) is 0.300. The van der Waals surface area contributed by atoms with E-state index in [2.05, 4.69) is 5.10 Å². The maximum Gasteiger partial charge on any atom is 0.433 e. The summed E-state index contributed by atoms with van der Waals surface area (Å²) < 4.78 is 39.4. The molecule has 0 spiro atoms. The molecule has 0 fully saturated rings. The average molecular weight is 229 g/mol. The van der Waals surface area contributed by atoms with Crippen LogP contribution in [0.1, 0.15) is 5.69 Å². The first-order chi connectivity index (χ1) is 7.54. The SMILES string of the molecule is NCCn1nc2ccccc2c1C(F)(F)F. The molecule has 0 radical (unpaired) electrons. The van der Waals surface area contributed by atoms with Crippen molar-refractivity contribution in [3.63, 3.8) is 0 Å². The smallest absolute Gasteiger partial charge is 0.329 e. The minimum atomic E-state index is -4.41. The van der Waals surface area contributed by atoms with Crippen LogP contribution in [-0.2, 0) is 12.7 Å². The normalized spacial score (nSPS) is 12.2. The largest absolute Gasteiger partial charge is 0.433 e. The zero-order valence-electron chi connectivity index (χ0n) is 8.33. The van der Waals surface area contributed by atoms with Crippen molar-refractivity contribution in [2.24, 2.45) is 5.73 Å². The van der Waals surface area contributed by atoms with Crippen LogP contribution in [0.2, 0.25) is 0 Å². The zero-order valence-corrected chi connectivity index (χ0v) is 8.33. The quantitative estimate of drug-likeness (QED) is 0.856. The maximum absolute atomic E-state index is 12.8. The standard InChI is InChI=1S/C10H10F3N3/c11-10(12,13)9-7-3-1-2-4-8(7)15-16(9)6-5-14/h1-4H,5-6,14H2. The summed E-state index contributed by atoms with van der Waals surface area (Å²) in [6.07, 6.45) is -4.41. The van der Waals surface area contributed by atoms with Crippen molar-refractivity contribution in [3.8, 4) is 0 Å². The van der Waals surface area contributed by atoms with E-state index < -0.39 is 11.9 Å². The van der Waals surface area contributed by atoms with Gasteiger partial charge >= 0.3 is 6.18 Å². The van der Waals surface area contributed by atoms with Gasteiger partial charge in [0.05, 0.1) is 12.1 Å². The molecule has 1 heterocycles. The number of rotatable bonds is 2. The first kappa shape index (κ1) is 10.9. The van der Waals surface area contributed by atoms with E-state index in [9.17, 15) is 13.2 Å². The Kier molecular flexibility index (Phi) is 2.59. The molecule has 0 saturated heterocycles. The van der Waals surface area contributed by atoms with Crippen LogP contribution < -0.4 is 5.73 Å². The number of nitrogens with two attached hydrogens (primary N) is 1. The van der Waals surface area contributed by atoms with E-state index in [1.807, 2.05) is 0 Å². The van der Waals surface area contributed by atoms with Crippen molar-refractivity contribution in [2.45, 2.75) is 12.7 Å². The van der Waals surface area contributed by atoms with Gasteiger partial charge in [-0.25, -0.2) is 0 Å². The Morgan fingerprint density at radius 3 is 2.56 bits per heavy atom. The third-order valence-electron chi connectivity index (χ3n) is 2.26. The molecular formula is C10H10F3N3. The molecule has 0 amide bonds. The van der Waals surface area contributed by atoms with Crippen molar-refractivity contribution >= 4 is 10.9 Å². The minimum Gasteiger partial charge on any atom is -0.329 e. The van der Waals surface area contributed by atoms with Crippen molar-refractivity contribution in [3.05, 3.63) is 30.0 Å². The van der Waals surface area contributed by atoms with Gasteiger partial charge in [-0.3, -0.25) is 4.68 Å². The molecule has 0 aliphatic heterocycles.